The van der Waals surface area contributed by atoms with E-state index in [4.69, 9.17) is 25.5 Å². The number of halogens is 2. The van der Waals surface area contributed by atoms with Crippen molar-refractivity contribution in [2.75, 3.05) is 19.7 Å². The number of likely N-dealkylation sites (tertiary alicyclic amines) is 1. The highest BCUT2D eigenvalue weighted by atomic mass is 35.5. The molecule has 36 heavy (non-hydrogen) atoms. The summed E-state index contributed by atoms with van der Waals surface area (Å²) in [4.78, 5) is 39.4. The second-order valence-corrected chi connectivity index (χ2v) is 9.57. The van der Waals surface area contributed by atoms with Crippen molar-refractivity contribution in [2.24, 2.45) is 5.41 Å². The molecule has 1 amide bonds. The normalized spacial score (nSPS) is 18.6. The van der Waals surface area contributed by atoms with E-state index in [2.05, 4.69) is 0 Å². The summed E-state index contributed by atoms with van der Waals surface area (Å²) in [7, 11) is 0. The number of hydrogen-bond acceptors (Lipinski definition) is 6. The van der Waals surface area contributed by atoms with Crippen LogP contribution in [0.3, 0.4) is 0 Å². The number of fused-ring (bicyclic) bond motifs is 1. The Labute approximate surface area is 212 Å². The Bertz CT molecular complexity index is 1370. The van der Waals surface area contributed by atoms with Gasteiger partial charge in [-0.05, 0) is 63.9 Å². The maximum absolute atomic E-state index is 13.5. The third kappa shape index (κ3) is 5.23. The molecule has 4 rings (SSSR count). The van der Waals surface area contributed by atoms with Gasteiger partial charge >= 0.3 is 11.6 Å². The average molecular weight is 516 g/mol. The summed E-state index contributed by atoms with van der Waals surface area (Å²) in [6.07, 6.45) is 0.493. The van der Waals surface area contributed by atoms with Crippen molar-refractivity contribution >= 4 is 34.4 Å². The highest BCUT2D eigenvalue weighted by Gasteiger charge is 2.41. The molecule has 1 saturated heterocycles. The smallest absolute Gasteiger partial charge is 0.336 e. The molecule has 0 aliphatic carbocycles. The van der Waals surface area contributed by atoms with Crippen molar-refractivity contribution in [2.45, 2.75) is 39.7 Å². The number of benzene rings is 2. The number of nitrogens with zero attached hydrogens (tertiary/aromatic N) is 1. The molecule has 0 radical (unpaired) electrons. The monoisotopic (exact) mass is 515 g/mol. The zero-order valence-electron chi connectivity index (χ0n) is 20.3. The molecule has 2 atom stereocenters. The summed E-state index contributed by atoms with van der Waals surface area (Å²) in [6, 6.07) is 10.1. The van der Waals surface area contributed by atoms with Crippen molar-refractivity contribution < 1.29 is 27.9 Å². The Balaban J connectivity index is 1.55. The Morgan fingerprint density at radius 1 is 1.19 bits per heavy atom. The largest absolute Gasteiger partial charge is 0.481 e. The summed E-state index contributed by atoms with van der Waals surface area (Å²) in [5.41, 5.74) is -0.140. The highest BCUT2D eigenvalue weighted by Crippen LogP contribution is 2.35. The van der Waals surface area contributed by atoms with E-state index in [9.17, 15) is 18.8 Å². The second kappa shape index (κ2) is 10.3. The summed E-state index contributed by atoms with van der Waals surface area (Å²) in [6.45, 7) is 6.27. The number of rotatable bonds is 6. The van der Waals surface area contributed by atoms with E-state index >= 15 is 0 Å². The van der Waals surface area contributed by atoms with E-state index < -0.39 is 23.0 Å². The Morgan fingerprint density at radius 2 is 1.97 bits per heavy atom. The molecule has 3 aromatic rings. The van der Waals surface area contributed by atoms with Crippen LogP contribution in [0, 0.1) is 11.2 Å². The van der Waals surface area contributed by atoms with E-state index in [1.807, 2.05) is 6.92 Å². The van der Waals surface area contributed by atoms with E-state index in [-0.39, 0.29) is 35.6 Å². The van der Waals surface area contributed by atoms with E-state index in [0.29, 0.717) is 41.6 Å². The van der Waals surface area contributed by atoms with Gasteiger partial charge in [0.25, 0.3) is 5.91 Å². The fourth-order valence-corrected chi connectivity index (χ4v) is 4.83. The molecular formula is C27H27ClFNO6. The molecule has 0 bridgehead atoms. The molecule has 1 aromatic heterocycles. The van der Waals surface area contributed by atoms with Gasteiger partial charge in [0, 0.05) is 41.7 Å². The van der Waals surface area contributed by atoms with Crippen molar-refractivity contribution in [1.29, 1.82) is 0 Å². The molecule has 0 N–H and O–H groups in total. The maximum Gasteiger partial charge on any atom is 0.336 e. The number of carbonyl (C=O) groups is 2. The summed E-state index contributed by atoms with van der Waals surface area (Å²) in [5.74, 6) is -0.711. The first-order valence-electron chi connectivity index (χ1n) is 11.8. The van der Waals surface area contributed by atoms with Crippen molar-refractivity contribution in [3.05, 3.63) is 63.7 Å². The lowest BCUT2D eigenvalue weighted by Gasteiger charge is -2.39. The standard InChI is InChI=1S/C27H27ClFNO6/c1-4-34-26(33)27(3)10-5-11-30(15-27)25(32)16(2)35-18-7-9-20-21(14-24(31)36-23(20)13-18)19-8-6-17(29)12-22(19)28/h6-9,12-14,16H,4-5,10-11,15H2,1-3H3. The number of esters is 1. The predicted molar refractivity (Wildman–Crippen MR) is 134 cm³/mol. The van der Waals surface area contributed by atoms with Crippen LogP contribution >= 0.6 is 11.6 Å². The van der Waals surface area contributed by atoms with Gasteiger partial charge in [-0.15, -0.1) is 0 Å². The lowest BCUT2D eigenvalue weighted by Crippen LogP contribution is -2.52. The number of hydrogen-bond donors (Lipinski definition) is 0. The summed E-state index contributed by atoms with van der Waals surface area (Å²) < 4.78 is 30.0. The van der Waals surface area contributed by atoms with Gasteiger partial charge in [-0.1, -0.05) is 11.6 Å². The molecule has 2 aromatic carbocycles. The van der Waals surface area contributed by atoms with Gasteiger partial charge in [-0.3, -0.25) is 9.59 Å². The number of ether oxygens (including phenoxy) is 2. The molecule has 1 aliphatic heterocycles. The van der Waals surface area contributed by atoms with Crippen LogP contribution in [0.5, 0.6) is 5.75 Å². The Kier molecular flexibility index (Phi) is 7.36. The van der Waals surface area contributed by atoms with Crippen molar-refractivity contribution in [3.63, 3.8) is 0 Å². The topological polar surface area (TPSA) is 86.0 Å². The lowest BCUT2D eigenvalue weighted by molar-refractivity contribution is -0.160. The molecule has 1 fully saturated rings. The summed E-state index contributed by atoms with van der Waals surface area (Å²) >= 11 is 6.21. The third-order valence-corrected chi connectivity index (χ3v) is 6.69. The number of amides is 1. The molecule has 9 heteroatoms. The van der Waals surface area contributed by atoms with Gasteiger partial charge in [0.05, 0.1) is 17.0 Å². The zero-order chi connectivity index (χ0) is 26.0. The number of piperidine rings is 1. The van der Waals surface area contributed by atoms with Gasteiger partial charge in [-0.25, -0.2) is 9.18 Å². The predicted octanol–water partition coefficient (Wildman–Crippen LogP) is 5.21. The lowest BCUT2D eigenvalue weighted by atomic mass is 9.82. The molecule has 190 valence electrons. The molecule has 2 unspecified atom stereocenters. The van der Waals surface area contributed by atoms with Gasteiger partial charge in [0.15, 0.2) is 6.10 Å². The van der Waals surface area contributed by atoms with Gasteiger partial charge in [-0.2, -0.15) is 0 Å². The zero-order valence-corrected chi connectivity index (χ0v) is 21.1. The van der Waals surface area contributed by atoms with Crippen LogP contribution in [-0.4, -0.2) is 42.6 Å². The summed E-state index contributed by atoms with van der Waals surface area (Å²) in [5, 5.41) is 0.744. The van der Waals surface area contributed by atoms with Crippen LogP contribution < -0.4 is 10.4 Å². The maximum atomic E-state index is 13.5. The first kappa shape index (κ1) is 25.7. The van der Waals surface area contributed by atoms with Crippen LogP contribution in [-0.2, 0) is 14.3 Å². The van der Waals surface area contributed by atoms with Crippen LogP contribution in [0.25, 0.3) is 22.1 Å². The highest BCUT2D eigenvalue weighted by molar-refractivity contribution is 6.33. The van der Waals surface area contributed by atoms with E-state index in [1.54, 1.807) is 30.9 Å². The first-order valence-corrected chi connectivity index (χ1v) is 12.1. The first-order chi connectivity index (χ1) is 17.1. The Morgan fingerprint density at radius 3 is 2.69 bits per heavy atom. The van der Waals surface area contributed by atoms with Gasteiger partial charge in [0.1, 0.15) is 17.1 Å². The molecule has 0 saturated carbocycles. The van der Waals surface area contributed by atoms with Crippen molar-refractivity contribution in [3.8, 4) is 16.9 Å². The van der Waals surface area contributed by atoms with Crippen LogP contribution in [0.15, 0.2) is 51.7 Å². The van der Waals surface area contributed by atoms with Crippen LogP contribution in [0.2, 0.25) is 5.02 Å². The third-order valence-electron chi connectivity index (χ3n) is 6.37. The minimum Gasteiger partial charge on any atom is -0.481 e. The molecule has 2 heterocycles. The minimum absolute atomic E-state index is 0.165. The van der Waals surface area contributed by atoms with Crippen LogP contribution in [0.4, 0.5) is 4.39 Å². The average Bonchev–Trinajstić information content (AvgIpc) is 2.83. The van der Waals surface area contributed by atoms with E-state index in [0.717, 1.165) is 0 Å². The fraction of sp³-hybridized carbons (Fsp3) is 0.370. The molecule has 7 nitrogen and oxygen atoms in total. The van der Waals surface area contributed by atoms with Gasteiger partial charge < -0.3 is 18.8 Å². The molecular weight excluding hydrogens is 489 g/mol. The molecule has 1 aliphatic rings. The van der Waals surface area contributed by atoms with Crippen LogP contribution in [0.1, 0.15) is 33.6 Å². The second-order valence-electron chi connectivity index (χ2n) is 9.17. The van der Waals surface area contributed by atoms with Gasteiger partial charge in [0.2, 0.25) is 0 Å². The Hall–Kier alpha value is -3.39. The SMILES string of the molecule is CCOC(=O)C1(C)CCCN(C(=O)C(C)Oc2ccc3c(-c4ccc(F)cc4Cl)cc(=O)oc3c2)C1. The molecule has 0 spiro atoms. The fourth-order valence-electron chi connectivity index (χ4n) is 4.56. The van der Waals surface area contributed by atoms with E-state index in [1.165, 1.54) is 30.3 Å². The quantitative estimate of drug-likeness (QED) is 0.331. The minimum atomic E-state index is -0.839. The number of carbonyl (C=O) groups excluding carboxylic acids is 2. The van der Waals surface area contributed by atoms with Crippen molar-refractivity contribution in [1.82, 2.24) is 4.90 Å².